The van der Waals surface area contributed by atoms with E-state index in [1.807, 2.05) is 21.1 Å². The molecule has 0 aliphatic rings. The maximum Gasteiger partial charge on any atom is 0.306 e. The van der Waals surface area contributed by atoms with Crippen molar-refractivity contribution in [2.75, 3.05) is 47.5 Å². The van der Waals surface area contributed by atoms with Gasteiger partial charge in [0, 0.05) is 12.8 Å². The molecule has 59 heavy (non-hydrogen) atoms. The Kier molecular flexibility index (Phi) is 40.0. The molecule has 342 valence electrons. The van der Waals surface area contributed by atoms with Gasteiger partial charge < -0.3 is 33.3 Å². The number of hydrogen-bond acceptors (Lipinski definition) is 8. The highest BCUT2D eigenvalue weighted by molar-refractivity contribution is 5.70. The van der Waals surface area contributed by atoms with Crippen molar-refractivity contribution in [2.24, 2.45) is 0 Å². The van der Waals surface area contributed by atoms with Crippen LogP contribution in [0.5, 0.6) is 0 Å². The van der Waals surface area contributed by atoms with Gasteiger partial charge in [0.05, 0.1) is 40.3 Å². The second-order valence-electron chi connectivity index (χ2n) is 17.0. The molecule has 0 saturated heterocycles. The van der Waals surface area contributed by atoms with E-state index in [0.29, 0.717) is 23.9 Å². The molecule has 0 aliphatic carbocycles. The summed E-state index contributed by atoms with van der Waals surface area (Å²) in [6.07, 6.45) is 45.8. The van der Waals surface area contributed by atoms with Crippen molar-refractivity contribution in [2.45, 2.75) is 206 Å². The molecule has 0 rings (SSSR count). The van der Waals surface area contributed by atoms with Crippen molar-refractivity contribution < 1.29 is 42.9 Å². The topological polar surface area (TPSA) is 111 Å². The summed E-state index contributed by atoms with van der Waals surface area (Å²) in [6, 6.07) is 0. The number of aliphatic carboxylic acids is 1. The van der Waals surface area contributed by atoms with E-state index < -0.39 is 24.3 Å². The Labute approximate surface area is 362 Å². The van der Waals surface area contributed by atoms with Crippen LogP contribution in [0.1, 0.15) is 194 Å². The van der Waals surface area contributed by atoms with E-state index >= 15 is 0 Å². The molecule has 0 aromatic heterocycles. The summed E-state index contributed by atoms with van der Waals surface area (Å²) in [5.74, 6) is -2.29. The predicted molar refractivity (Wildman–Crippen MR) is 242 cm³/mol. The highest BCUT2D eigenvalue weighted by atomic mass is 16.7. The fourth-order valence-electron chi connectivity index (χ4n) is 6.41. The van der Waals surface area contributed by atoms with Crippen LogP contribution < -0.4 is 5.11 Å². The van der Waals surface area contributed by atoms with Crippen LogP contribution in [-0.2, 0) is 33.3 Å². The van der Waals surface area contributed by atoms with Crippen LogP contribution in [0.3, 0.4) is 0 Å². The molecule has 0 fully saturated rings. The molecular weight excluding hydrogens is 743 g/mol. The lowest BCUT2D eigenvalue weighted by atomic mass is 10.0. The quantitative estimate of drug-likeness (QED) is 0.0196. The van der Waals surface area contributed by atoms with Gasteiger partial charge in [-0.15, -0.1) is 0 Å². The zero-order valence-corrected chi connectivity index (χ0v) is 38.6. The van der Waals surface area contributed by atoms with E-state index in [4.69, 9.17) is 18.9 Å². The fraction of sp³-hybridized carbons (Fsp3) is 0.780. The lowest BCUT2D eigenvalue weighted by molar-refractivity contribution is -0.870. The Morgan fingerprint density at radius 3 is 1.44 bits per heavy atom. The zero-order valence-electron chi connectivity index (χ0n) is 38.6. The van der Waals surface area contributed by atoms with Crippen molar-refractivity contribution in [3.8, 4) is 0 Å². The first-order valence-electron chi connectivity index (χ1n) is 23.8. The Morgan fingerprint density at radius 1 is 0.525 bits per heavy atom. The fourth-order valence-corrected chi connectivity index (χ4v) is 6.41. The maximum absolute atomic E-state index is 12.8. The van der Waals surface area contributed by atoms with E-state index in [1.54, 1.807) is 0 Å². The Morgan fingerprint density at radius 2 is 0.966 bits per heavy atom. The minimum Gasteiger partial charge on any atom is -0.545 e. The van der Waals surface area contributed by atoms with Crippen LogP contribution in [0.2, 0.25) is 0 Å². The van der Waals surface area contributed by atoms with Gasteiger partial charge in [0.25, 0.3) is 0 Å². The molecular formula is C50H89NO8. The lowest BCUT2D eigenvalue weighted by Gasteiger charge is -2.26. The molecule has 0 N–H and O–H groups in total. The molecule has 0 bridgehead atoms. The van der Waals surface area contributed by atoms with E-state index in [-0.39, 0.29) is 32.2 Å². The smallest absolute Gasteiger partial charge is 0.306 e. The van der Waals surface area contributed by atoms with Crippen LogP contribution in [-0.4, -0.2) is 82.3 Å². The molecule has 2 unspecified atom stereocenters. The average molecular weight is 832 g/mol. The molecule has 0 saturated carbocycles. The number of rotatable bonds is 43. The minimum absolute atomic E-state index is 0.147. The first kappa shape index (κ1) is 56.2. The third-order valence-electron chi connectivity index (χ3n) is 10.1. The summed E-state index contributed by atoms with van der Waals surface area (Å²) < 4.78 is 22.5. The second-order valence-corrected chi connectivity index (χ2v) is 17.0. The number of nitrogens with zero attached hydrogens (tertiary/aromatic N) is 1. The molecule has 0 spiro atoms. The molecule has 0 amide bonds. The third kappa shape index (κ3) is 43.2. The first-order valence-corrected chi connectivity index (χ1v) is 23.8. The molecule has 9 nitrogen and oxygen atoms in total. The van der Waals surface area contributed by atoms with Crippen molar-refractivity contribution in [3.63, 3.8) is 0 Å². The SMILES string of the molecule is CC/C=C\C/C=C\C/C=C\C/C=C\CCCCCCCCCCCCCCC(=O)OC(COC(=O)CCCCCCCCCCC)COC(OCC[N+](C)(C)C)C(=O)[O-]. The van der Waals surface area contributed by atoms with Gasteiger partial charge in [0.1, 0.15) is 13.2 Å². The van der Waals surface area contributed by atoms with Gasteiger partial charge in [-0.05, 0) is 51.4 Å². The standard InChI is InChI=1S/C50H89NO8/c1-6-8-10-12-14-16-17-18-19-20-21-22-23-24-25-26-27-28-29-30-31-33-35-37-39-41-48(53)59-46(45-58-50(49(54)55)56-43-42-51(3,4)5)44-57-47(52)40-38-36-34-32-15-13-11-9-7-2/h8,10,14,16,18-19,21-22,46,50H,6-7,9,11-13,15,17,20,23-45H2,1-5H3/b10-8-,16-14-,19-18-,22-21-. The maximum atomic E-state index is 12.8. The predicted octanol–water partition coefficient (Wildman–Crippen LogP) is 11.4. The Balaban J connectivity index is 4.24. The normalized spacial score (nSPS) is 13.3. The van der Waals surface area contributed by atoms with Crippen LogP contribution in [0.25, 0.3) is 0 Å². The number of ether oxygens (including phenoxy) is 4. The van der Waals surface area contributed by atoms with Gasteiger partial charge in [0.2, 0.25) is 0 Å². The summed E-state index contributed by atoms with van der Waals surface area (Å²) in [5, 5.41) is 11.7. The molecule has 0 aromatic rings. The summed E-state index contributed by atoms with van der Waals surface area (Å²) in [5.41, 5.74) is 0. The minimum atomic E-state index is -1.62. The number of unbranched alkanes of at least 4 members (excludes halogenated alkanes) is 20. The van der Waals surface area contributed by atoms with Gasteiger partial charge in [-0.25, -0.2) is 0 Å². The zero-order chi connectivity index (χ0) is 43.5. The highest BCUT2D eigenvalue weighted by Gasteiger charge is 2.21. The van der Waals surface area contributed by atoms with Gasteiger partial charge >= 0.3 is 11.9 Å². The van der Waals surface area contributed by atoms with E-state index in [0.717, 1.165) is 64.2 Å². The molecule has 0 aliphatic heterocycles. The summed E-state index contributed by atoms with van der Waals surface area (Å²) in [4.78, 5) is 36.9. The van der Waals surface area contributed by atoms with Crippen molar-refractivity contribution >= 4 is 17.9 Å². The molecule has 0 heterocycles. The molecule has 0 radical (unpaired) electrons. The number of allylic oxidation sites excluding steroid dienone is 8. The number of carbonyl (C=O) groups is 3. The van der Waals surface area contributed by atoms with Crippen LogP contribution in [0, 0.1) is 0 Å². The van der Waals surface area contributed by atoms with E-state index in [2.05, 4.69) is 62.5 Å². The van der Waals surface area contributed by atoms with Crippen LogP contribution in [0.4, 0.5) is 0 Å². The molecule has 9 heteroatoms. The third-order valence-corrected chi connectivity index (χ3v) is 10.1. The van der Waals surface area contributed by atoms with E-state index in [1.165, 1.54) is 96.3 Å². The average Bonchev–Trinajstić information content (AvgIpc) is 3.19. The number of carbonyl (C=O) groups excluding carboxylic acids is 3. The van der Waals surface area contributed by atoms with Crippen molar-refractivity contribution in [1.82, 2.24) is 0 Å². The van der Waals surface area contributed by atoms with Gasteiger partial charge in [-0.1, -0.05) is 178 Å². The van der Waals surface area contributed by atoms with Crippen LogP contribution in [0.15, 0.2) is 48.6 Å². The summed E-state index contributed by atoms with van der Waals surface area (Å²) >= 11 is 0. The summed E-state index contributed by atoms with van der Waals surface area (Å²) in [7, 11) is 5.90. The van der Waals surface area contributed by atoms with Crippen molar-refractivity contribution in [1.29, 1.82) is 0 Å². The number of quaternary nitrogens is 1. The number of carboxylic acids is 1. The number of hydrogen-bond donors (Lipinski definition) is 0. The summed E-state index contributed by atoms with van der Waals surface area (Å²) in [6.45, 7) is 4.60. The number of esters is 2. The largest absolute Gasteiger partial charge is 0.545 e. The van der Waals surface area contributed by atoms with Gasteiger partial charge in [0.15, 0.2) is 12.4 Å². The van der Waals surface area contributed by atoms with Crippen molar-refractivity contribution in [3.05, 3.63) is 48.6 Å². The monoisotopic (exact) mass is 832 g/mol. The molecule has 0 aromatic carbocycles. The van der Waals surface area contributed by atoms with Gasteiger partial charge in [-0.2, -0.15) is 0 Å². The number of likely N-dealkylation sites (N-methyl/N-ethyl adjacent to an activating group) is 1. The Hall–Kier alpha value is -2.75. The van der Waals surface area contributed by atoms with Crippen LogP contribution >= 0.6 is 0 Å². The first-order chi connectivity index (χ1) is 28.6. The number of carboxylic acid groups (broad SMARTS) is 1. The van der Waals surface area contributed by atoms with E-state index in [9.17, 15) is 19.5 Å². The highest BCUT2D eigenvalue weighted by Crippen LogP contribution is 2.15. The Bertz CT molecular complexity index is 1110. The van der Waals surface area contributed by atoms with Gasteiger partial charge in [-0.3, -0.25) is 9.59 Å². The second kappa shape index (κ2) is 42.0. The molecule has 2 atom stereocenters. The lowest BCUT2D eigenvalue weighted by Crippen LogP contribution is -2.44.